The van der Waals surface area contributed by atoms with Gasteiger partial charge in [-0.3, -0.25) is 9.59 Å². The minimum absolute atomic E-state index is 0.0721. The molecule has 0 atom stereocenters. The summed E-state index contributed by atoms with van der Waals surface area (Å²) >= 11 is 0. The number of carbonyl (C=O) groups excluding carboxylic acids is 2. The van der Waals surface area contributed by atoms with Crippen LogP contribution in [0, 0.1) is 19.7 Å². The number of Topliss-reactive ketones (excluding diaryl/α,β-unsaturated/α-hetero) is 1. The van der Waals surface area contributed by atoms with E-state index in [1.165, 1.54) is 12.1 Å². The Labute approximate surface area is 129 Å². The monoisotopic (exact) mass is 299 g/mol. The minimum Gasteiger partial charge on any atom is -0.326 e. The summed E-state index contributed by atoms with van der Waals surface area (Å²) in [5.41, 5.74) is 2.89. The number of carbonyl (C=O) groups is 2. The van der Waals surface area contributed by atoms with E-state index >= 15 is 0 Å². The molecular formula is C18H18FNO2. The maximum Gasteiger partial charge on any atom is 0.224 e. The first kappa shape index (κ1) is 15.9. The molecule has 4 heteroatoms. The Morgan fingerprint density at radius 3 is 2.36 bits per heavy atom. The molecule has 114 valence electrons. The fourth-order valence-corrected chi connectivity index (χ4v) is 2.05. The molecule has 0 aromatic heterocycles. The Kier molecular flexibility index (Phi) is 5.04. The second-order valence-electron chi connectivity index (χ2n) is 5.30. The van der Waals surface area contributed by atoms with Gasteiger partial charge in [-0.25, -0.2) is 4.39 Å². The highest BCUT2D eigenvalue weighted by Crippen LogP contribution is 2.16. The maximum absolute atomic E-state index is 13.2. The molecule has 0 heterocycles. The largest absolute Gasteiger partial charge is 0.326 e. The third kappa shape index (κ3) is 4.25. The molecule has 1 N–H and O–H groups in total. The first-order valence-electron chi connectivity index (χ1n) is 7.11. The Balaban J connectivity index is 1.91. The molecule has 2 aromatic rings. The molecular weight excluding hydrogens is 281 g/mol. The molecule has 0 saturated heterocycles. The first-order valence-corrected chi connectivity index (χ1v) is 7.11. The Morgan fingerprint density at radius 1 is 1.00 bits per heavy atom. The fraction of sp³-hybridized carbons (Fsp3) is 0.222. The lowest BCUT2D eigenvalue weighted by atomic mass is 10.0. The molecule has 0 fully saturated rings. The molecule has 22 heavy (non-hydrogen) atoms. The predicted molar refractivity (Wildman–Crippen MR) is 84.5 cm³/mol. The van der Waals surface area contributed by atoms with Crippen LogP contribution in [0.2, 0.25) is 0 Å². The molecule has 0 spiro atoms. The number of aryl methyl sites for hydroxylation is 2. The number of amides is 1. The molecule has 0 radical (unpaired) electrons. The number of nitrogens with one attached hydrogen (secondary N) is 1. The van der Waals surface area contributed by atoms with Crippen LogP contribution in [0.25, 0.3) is 0 Å². The second kappa shape index (κ2) is 6.98. The summed E-state index contributed by atoms with van der Waals surface area (Å²) in [5, 5.41) is 2.64. The fourth-order valence-electron chi connectivity index (χ4n) is 2.05. The van der Waals surface area contributed by atoms with E-state index in [4.69, 9.17) is 0 Å². The van der Waals surface area contributed by atoms with Gasteiger partial charge in [0.1, 0.15) is 5.82 Å². The van der Waals surface area contributed by atoms with Crippen LogP contribution in [0.3, 0.4) is 0 Å². The zero-order valence-corrected chi connectivity index (χ0v) is 12.7. The van der Waals surface area contributed by atoms with Crippen molar-refractivity contribution in [1.29, 1.82) is 0 Å². The Hall–Kier alpha value is -2.49. The van der Waals surface area contributed by atoms with E-state index in [2.05, 4.69) is 5.32 Å². The van der Waals surface area contributed by atoms with Gasteiger partial charge in [-0.15, -0.1) is 0 Å². The number of hydrogen-bond acceptors (Lipinski definition) is 2. The van der Waals surface area contributed by atoms with Crippen molar-refractivity contribution < 1.29 is 14.0 Å². The standard InChI is InChI=1S/C18H18FNO2/c1-12-3-6-14(7-4-12)17(21)9-10-18(22)20-16-11-15(19)8-5-13(16)2/h3-8,11H,9-10H2,1-2H3,(H,20,22). The predicted octanol–water partition coefficient (Wildman–Crippen LogP) is 4.04. The number of rotatable bonds is 5. The first-order chi connectivity index (χ1) is 10.5. The van der Waals surface area contributed by atoms with Crippen LogP contribution < -0.4 is 5.32 Å². The van der Waals surface area contributed by atoms with Gasteiger partial charge in [0.15, 0.2) is 5.78 Å². The quantitative estimate of drug-likeness (QED) is 0.847. The molecule has 0 aliphatic carbocycles. The number of halogens is 1. The summed E-state index contributed by atoms with van der Waals surface area (Å²) in [6.45, 7) is 3.73. The third-order valence-electron chi connectivity index (χ3n) is 3.43. The zero-order valence-electron chi connectivity index (χ0n) is 12.7. The van der Waals surface area contributed by atoms with Gasteiger partial charge in [0.05, 0.1) is 0 Å². The van der Waals surface area contributed by atoms with Gasteiger partial charge >= 0.3 is 0 Å². The molecule has 0 bridgehead atoms. The smallest absolute Gasteiger partial charge is 0.224 e. The molecule has 0 aliphatic heterocycles. The van der Waals surface area contributed by atoms with Gasteiger partial charge in [0.25, 0.3) is 0 Å². The lowest BCUT2D eigenvalue weighted by Gasteiger charge is -2.08. The van der Waals surface area contributed by atoms with Crippen LogP contribution in [-0.2, 0) is 4.79 Å². The lowest BCUT2D eigenvalue weighted by molar-refractivity contribution is -0.116. The topological polar surface area (TPSA) is 46.2 Å². The Morgan fingerprint density at radius 2 is 1.68 bits per heavy atom. The number of anilines is 1. The zero-order chi connectivity index (χ0) is 16.1. The van der Waals surface area contributed by atoms with E-state index in [0.717, 1.165) is 11.1 Å². The van der Waals surface area contributed by atoms with E-state index in [0.29, 0.717) is 11.3 Å². The van der Waals surface area contributed by atoms with Crippen LogP contribution in [-0.4, -0.2) is 11.7 Å². The van der Waals surface area contributed by atoms with Crippen LogP contribution in [0.4, 0.5) is 10.1 Å². The van der Waals surface area contributed by atoms with E-state index in [9.17, 15) is 14.0 Å². The van der Waals surface area contributed by atoms with Crippen LogP contribution in [0.15, 0.2) is 42.5 Å². The molecule has 0 unspecified atom stereocenters. The summed E-state index contributed by atoms with van der Waals surface area (Å²) in [4.78, 5) is 23.9. The molecule has 1 amide bonds. The van der Waals surface area contributed by atoms with E-state index in [1.54, 1.807) is 25.1 Å². The van der Waals surface area contributed by atoms with Crippen molar-refractivity contribution in [2.45, 2.75) is 26.7 Å². The third-order valence-corrected chi connectivity index (χ3v) is 3.43. The highest BCUT2D eigenvalue weighted by molar-refractivity contribution is 6.00. The molecule has 2 aromatic carbocycles. The second-order valence-corrected chi connectivity index (χ2v) is 5.30. The van der Waals surface area contributed by atoms with Crippen molar-refractivity contribution in [3.8, 4) is 0 Å². The van der Waals surface area contributed by atoms with Crippen molar-refractivity contribution in [2.24, 2.45) is 0 Å². The van der Waals surface area contributed by atoms with Gasteiger partial charge in [-0.05, 0) is 31.5 Å². The maximum atomic E-state index is 13.2. The summed E-state index contributed by atoms with van der Waals surface area (Å²) < 4.78 is 13.2. The molecule has 0 saturated carbocycles. The summed E-state index contributed by atoms with van der Waals surface area (Å²) in [7, 11) is 0. The molecule has 3 nitrogen and oxygen atoms in total. The number of benzene rings is 2. The highest BCUT2D eigenvalue weighted by atomic mass is 19.1. The van der Waals surface area contributed by atoms with Crippen LogP contribution in [0.5, 0.6) is 0 Å². The van der Waals surface area contributed by atoms with Gasteiger partial charge in [0.2, 0.25) is 5.91 Å². The molecule has 0 aliphatic rings. The number of ketones is 1. The van der Waals surface area contributed by atoms with Crippen molar-refractivity contribution in [3.05, 3.63) is 65.0 Å². The SMILES string of the molecule is Cc1ccc(C(=O)CCC(=O)Nc2cc(F)ccc2C)cc1. The van der Waals surface area contributed by atoms with Gasteiger partial charge < -0.3 is 5.32 Å². The van der Waals surface area contributed by atoms with E-state index in [1.807, 2.05) is 19.1 Å². The summed E-state index contributed by atoms with van der Waals surface area (Å²) in [6.07, 6.45) is 0.200. The highest BCUT2D eigenvalue weighted by Gasteiger charge is 2.10. The van der Waals surface area contributed by atoms with Gasteiger partial charge in [-0.1, -0.05) is 35.9 Å². The normalized spacial score (nSPS) is 10.3. The van der Waals surface area contributed by atoms with Crippen LogP contribution in [0.1, 0.15) is 34.3 Å². The van der Waals surface area contributed by atoms with Gasteiger partial charge in [0, 0.05) is 24.1 Å². The van der Waals surface area contributed by atoms with Crippen LogP contribution >= 0.6 is 0 Å². The summed E-state index contributed by atoms with van der Waals surface area (Å²) in [5.74, 6) is -0.781. The van der Waals surface area contributed by atoms with Crippen molar-refractivity contribution in [1.82, 2.24) is 0 Å². The summed E-state index contributed by atoms with van der Waals surface area (Å²) in [6, 6.07) is 11.5. The lowest BCUT2D eigenvalue weighted by Crippen LogP contribution is -2.14. The van der Waals surface area contributed by atoms with E-state index in [-0.39, 0.29) is 24.5 Å². The van der Waals surface area contributed by atoms with Crippen molar-refractivity contribution in [2.75, 3.05) is 5.32 Å². The molecule has 2 rings (SSSR count). The number of hydrogen-bond donors (Lipinski definition) is 1. The van der Waals surface area contributed by atoms with Crippen molar-refractivity contribution >= 4 is 17.4 Å². The minimum atomic E-state index is -0.406. The van der Waals surface area contributed by atoms with Gasteiger partial charge in [-0.2, -0.15) is 0 Å². The Bertz CT molecular complexity index is 693. The average Bonchev–Trinajstić information content (AvgIpc) is 2.49. The van der Waals surface area contributed by atoms with E-state index < -0.39 is 5.82 Å². The average molecular weight is 299 g/mol. The van der Waals surface area contributed by atoms with Crippen molar-refractivity contribution in [3.63, 3.8) is 0 Å².